The molecule has 0 aliphatic heterocycles. The molecule has 4 rings (SSSR count). The van der Waals surface area contributed by atoms with E-state index < -0.39 is 0 Å². The SMILES string of the molecule is O=C(COc1cccc(NC(=O)C2CC2)c1)Nc1ncc(Cc2ccc(F)cc2)s1. The van der Waals surface area contributed by atoms with Crippen molar-refractivity contribution in [2.45, 2.75) is 19.3 Å². The van der Waals surface area contributed by atoms with Crippen LogP contribution in [-0.2, 0) is 16.0 Å². The molecule has 0 spiro atoms. The number of carbonyl (C=O) groups is 2. The number of thiazole rings is 1. The van der Waals surface area contributed by atoms with Gasteiger partial charge in [0.2, 0.25) is 5.91 Å². The first-order valence-electron chi connectivity index (χ1n) is 9.58. The van der Waals surface area contributed by atoms with Gasteiger partial charge in [-0.3, -0.25) is 14.9 Å². The van der Waals surface area contributed by atoms with Crippen LogP contribution in [0.3, 0.4) is 0 Å². The van der Waals surface area contributed by atoms with Crippen molar-refractivity contribution in [1.82, 2.24) is 4.98 Å². The standard InChI is InChI=1S/C22H20FN3O3S/c23-16-8-4-14(5-9-16)10-19-12-24-22(30-19)26-20(27)13-29-18-3-1-2-17(11-18)25-21(28)15-6-7-15/h1-5,8-9,11-12,15H,6-7,10,13H2,(H,25,28)(H,24,26,27). The molecule has 6 nitrogen and oxygen atoms in total. The van der Waals surface area contributed by atoms with Crippen molar-refractivity contribution in [2.75, 3.05) is 17.2 Å². The molecule has 2 amide bonds. The Balaban J connectivity index is 1.26. The summed E-state index contributed by atoms with van der Waals surface area (Å²) in [6.07, 6.45) is 4.18. The second-order valence-electron chi connectivity index (χ2n) is 7.06. The van der Waals surface area contributed by atoms with E-state index >= 15 is 0 Å². The van der Waals surface area contributed by atoms with Crippen LogP contribution in [0.4, 0.5) is 15.2 Å². The highest BCUT2D eigenvalue weighted by molar-refractivity contribution is 7.15. The van der Waals surface area contributed by atoms with Crippen molar-refractivity contribution >= 4 is 34.0 Å². The number of anilines is 2. The van der Waals surface area contributed by atoms with E-state index in [1.54, 1.807) is 42.6 Å². The number of halogens is 1. The highest BCUT2D eigenvalue weighted by atomic mass is 32.1. The van der Waals surface area contributed by atoms with Gasteiger partial charge in [-0.25, -0.2) is 9.37 Å². The third kappa shape index (κ3) is 5.64. The Morgan fingerprint density at radius 1 is 1.13 bits per heavy atom. The summed E-state index contributed by atoms with van der Waals surface area (Å²) in [5.74, 6) is 0.0310. The lowest BCUT2D eigenvalue weighted by Gasteiger charge is -2.08. The number of benzene rings is 2. The molecular formula is C22H20FN3O3S. The highest BCUT2D eigenvalue weighted by Crippen LogP contribution is 2.30. The van der Waals surface area contributed by atoms with Gasteiger partial charge in [-0.15, -0.1) is 11.3 Å². The molecule has 1 saturated carbocycles. The average Bonchev–Trinajstić information content (AvgIpc) is 3.50. The third-order valence-corrected chi connectivity index (χ3v) is 5.42. The monoisotopic (exact) mass is 425 g/mol. The van der Waals surface area contributed by atoms with Crippen molar-refractivity contribution in [1.29, 1.82) is 0 Å². The van der Waals surface area contributed by atoms with E-state index in [-0.39, 0.29) is 30.2 Å². The molecule has 8 heteroatoms. The lowest BCUT2D eigenvalue weighted by molar-refractivity contribution is -0.118. The minimum absolute atomic E-state index is 0.0186. The lowest BCUT2D eigenvalue weighted by Crippen LogP contribution is -2.20. The van der Waals surface area contributed by atoms with Crippen molar-refractivity contribution in [2.24, 2.45) is 5.92 Å². The fraction of sp³-hybridized carbons (Fsp3) is 0.227. The molecule has 30 heavy (non-hydrogen) atoms. The molecule has 1 aromatic heterocycles. The largest absolute Gasteiger partial charge is 0.484 e. The molecule has 1 aliphatic carbocycles. The summed E-state index contributed by atoms with van der Waals surface area (Å²) in [5.41, 5.74) is 1.62. The smallest absolute Gasteiger partial charge is 0.264 e. The summed E-state index contributed by atoms with van der Waals surface area (Å²) in [4.78, 5) is 29.2. The summed E-state index contributed by atoms with van der Waals surface area (Å²) in [5, 5.41) is 6.04. The maximum absolute atomic E-state index is 13.0. The van der Waals surface area contributed by atoms with E-state index in [1.165, 1.54) is 23.5 Å². The van der Waals surface area contributed by atoms with Crippen LogP contribution >= 0.6 is 11.3 Å². The number of nitrogens with zero attached hydrogens (tertiary/aromatic N) is 1. The third-order valence-electron chi connectivity index (χ3n) is 4.51. The van der Waals surface area contributed by atoms with Gasteiger partial charge in [-0.1, -0.05) is 18.2 Å². The molecule has 0 saturated heterocycles. The van der Waals surface area contributed by atoms with Gasteiger partial charge in [0.25, 0.3) is 5.91 Å². The molecule has 1 aliphatic rings. The molecule has 2 aromatic carbocycles. The van der Waals surface area contributed by atoms with E-state index in [1.807, 2.05) is 0 Å². The van der Waals surface area contributed by atoms with Gasteiger partial charge in [0.15, 0.2) is 11.7 Å². The van der Waals surface area contributed by atoms with Crippen LogP contribution in [0.15, 0.2) is 54.7 Å². The zero-order valence-corrected chi connectivity index (χ0v) is 16.9. The molecule has 0 unspecified atom stereocenters. The zero-order chi connectivity index (χ0) is 20.9. The van der Waals surface area contributed by atoms with Gasteiger partial charge >= 0.3 is 0 Å². The second kappa shape index (κ2) is 9.04. The van der Waals surface area contributed by atoms with Gasteiger partial charge in [0.1, 0.15) is 11.6 Å². The Hall–Kier alpha value is -3.26. The van der Waals surface area contributed by atoms with Crippen molar-refractivity contribution < 1.29 is 18.7 Å². The first-order chi connectivity index (χ1) is 14.5. The molecule has 3 aromatic rings. The maximum Gasteiger partial charge on any atom is 0.264 e. The van der Waals surface area contributed by atoms with Crippen LogP contribution < -0.4 is 15.4 Å². The molecule has 1 fully saturated rings. The van der Waals surface area contributed by atoms with Gasteiger partial charge in [-0.05, 0) is 42.7 Å². The van der Waals surface area contributed by atoms with Crippen molar-refractivity contribution in [3.63, 3.8) is 0 Å². The van der Waals surface area contributed by atoms with Crippen LogP contribution in [0, 0.1) is 11.7 Å². The van der Waals surface area contributed by atoms with Gasteiger partial charge < -0.3 is 10.1 Å². The Bertz CT molecular complexity index is 1050. The maximum atomic E-state index is 13.0. The van der Waals surface area contributed by atoms with Gasteiger partial charge in [0.05, 0.1) is 0 Å². The van der Waals surface area contributed by atoms with Crippen LogP contribution in [0.5, 0.6) is 5.75 Å². The molecular weight excluding hydrogens is 405 g/mol. The van der Waals surface area contributed by atoms with Crippen LogP contribution in [0.25, 0.3) is 0 Å². The molecule has 1 heterocycles. The number of carbonyl (C=O) groups excluding carboxylic acids is 2. The minimum atomic E-state index is -0.329. The van der Waals surface area contributed by atoms with Gasteiger partial charge in [0, 0.05) is 35.2 Å². The number of hydrogen-bond donors (Lipinski definition) is 2. The first-order valence-corrected chi connectivity index (χ1v) is 10.4. The second-order valence-corrected chi connectivity index (χ2v) is 8.18. The first kappa shape index (κ1) is 20.0. The molecule has 2 N–H and O–H groups in total. The van der Waals surface area contributed by atoms with Crippen molar-refractivity contribution in [3.8, 4) is 5.75 Å². The summed E-state index contributed by atoms with van der Waals surface area (Å²) >= 11 is 1.36. The lowest BCUT2D eigenvalue weighted by atomic mass is 10.1. The highest BCUT2D eigenvalue weighted by Gasteiger charge is 2.29. The fourth-order valence-electron chi connectivity index (χ4n) is 2.81. The van der Waals surface area contributed by atoms with Crippen molar-refractivity contribution in [3.05, 3.63) is 71.0 Å². The summed E-state index contributed by atoms with van der Waals surface area (Å²) < 4.78 is 18.5. The van der Waals surface area contributed by atoms with Crippen LogP contribution in [-0.4, -0.2) is 23.4 Å². The van der Waals surface area contributed by atoms with Crippen LogP contribution in [0.1, 0.15) is 23.3 Å². The fourth-order valence-corrected chi connectivity index (χ4v) is 3.67. The van der Waals surface area contributed by atoms with E-state index in [0.717, 1.165) is 23.3 Å². The van der Waals surface area contributed by atoms with E-state index in [4.69, 9.17) is 4.74 Å². The number of aromatic nitrogens is 1. The summed E-state index contributed by atoms with van der Waals surface area (Å²) in [7, 11) is 0. The Morgan fingerprint density at radius 2 is 1.93 bits per heavy atom. The van der Waals surface area contributed by atoms with E-state index in [0.29, 0.717) is 23.0 Å². The molecule has 0 bridgehead atoms. The molecule has 154 valence electrons. The Morgan fingerprint density at radius 3 is 2.70 bits per heavy atom. The molecule has 0 radical (unpaired) electrons. The predicted molar refractivity (Wildman–Crippen MR) is 113 cm³/mol. The topological polar surface area (TPSA) is 80.3 Å². The average molecular weight is 425 g/mol. The van der Waals surface area contributed by atoms with Crippen LogP contribution in [0.2, 0.25) is 0 Å². The number of amides is 2. The zero-order valence-electron chi connectivity index (χ0n) is 16.1. The number of hydrogen-bond acceptors (Lipinski definition) is 5. The summed E-state index contributed by atoms with van der Waals surface area (Å²) in [6.45, 7) is -0.174. The number of nitrogens with one attached hydrogen (secondary N) is 2. The predicted octanol–water partition coefficient (Wildman–Crippen LogP) is 4.24. The Kier molecular flexibility index (Phi) is 6.04. The summed E-state index contributed by atoms with van der Waals surface area (Å²) in [6, 6.07) is 13.3. The quantitative estimate of drug-likeness (QED) is 0.566. The van der Waals surface area contributed by atoms with Gasteiger partial charge in [-0.2, -0.15) is 0 Å². The normalized spacial score (nSPS) is 13.0. The number of ether oxygens (including phenoxy) is 1. The van der Waals surface area contributed by atoms with E-state index in [2.05, 4.69) is 15.6 Å². The van der Waals surface area contributed by atoms with E-state index in [9.17, 15) is 14.0 Å². The number of rotatable bonds is 8. The minimum Gasteiger partial charge on any atom is -0.484 e. The Labute approximate surface area is 177 Å². The molecule has 0 atom stereocenters.